The Bertz CT molecular complexity index is 272. The smallest absolute Gasteiger partial charge is 0.149 e. The van der Waals surface area contributed by atoms with Crippen molar-refractivity contribution in [3.63, 3.8) is 0 Å². The third-order valence-corrected chi connectivity index (χ3v) is 1.69. The SMILES string of the molecule is Cc1[nH]c(CN)nc1C(C)(C)F. The average molecular weight is 171 g/mol. The van der Waals surface area contributed by atoms with Gasteiger partial charge in [-0.3, -0.25) is 0 Å². The van der Waals surface area contributed by atoms with Gasteiger partial charge in [-0.05, 0) is 20.8 Å². The molecular weight excluding hydrogens is 157 g/mol. The lowest BCUT2D eigenvalue weighted by molar-refractivity contribution is 0.214. The molecule has 1 heterocycles. The molecule has 0 aliphatic carbocycles. The number of nitrogens with zero attached hydrogens (tertiary/aromatic N) is 1. The van der Waals surface area contributed by atoms with E-state index in [9.17, 15) is 4.39 Å². The maximum absolute atomic E-state index is 13.4. The molecule has 0 unspecified atom stereocenters. The Balaban J connectivity index is 3.08. The van der Waals surface area contributed by atoms with Crippen molar-refractivity contribution in [1.82, 2.24) is 9.97 Å². The molecule has 0 radical (unpaired) electrons. The van der Waals surface area contributed by atoms with E-state index in [-0.39, 0.29) is 0 Å². The number of aryl methyl sites for hydroxylation is 1. The second-order valence-corrected chi connectivity index (χ2v) is 3.33. The molecule has 4 heteroatoms. The zero-order valence-electron chi connectivity index (χ0n) is 7.61. The van der Waals surface area contributed by atoms with Crippen molar-refractivity contribution in [2.24, 2.45) is 5.73 Å². The summed E-state index contributed by atoms with van der Waals surface area (Å²) in [5, 5.41) is 0. The molecule has 1 aromatic heterocycles. The number of rotatable bonds is 2. The highest BCUT2D eigenvalue weighted by molar-refractivity contribution is 5.18. The molecule has 1 aromatic rings. The minimum Gasteiger partial charge on any atom is -0.345 e. The summed E-state index contributed by atoms with van der Waals surface area (Å²) in [6.45, 7) is 5.08. The molecule has 0 atom stereocenters. The molecule has 0 aliphatic rings. The molecule has 0 saturated carbocycles. The van der Waals surface area contributed by atoms with E-state index in [1.807, 2.05) is 0 Å². The number of imidazole rings is 1. The summed E-state index contributed by atoms with van der Waals surface area (Å²) in [4.78, 5) is 6.97. The highest BCUT2D eigenvalue weighted by atomic mass is 19.1. The number of nitrogens with two attached hydrogens (primary N) is 1. The van der Waals surface area contributed by atoms with Gasteiger partial charge in [-0.15, -0.1) is 0 Å². The fraction of sp³-hybridized carbons (Fsp3) is 0.625. The monoisotopic (exact) mass is 171 g/mol. The highest BCUT2D eigenvalue weighted by Crippen LogP contribution is 2.25. The number of hydrogen-bond donors (Lipinski definition) is 2. The lowest BCUT2D eigenvalue weighted by Gasteiger charge is -2.11. The van der Waals surface area contributed by atoms with Crippen LogP contribution in [-0.4, -0.2) is 9.97 Å². The second-order valence-electron chi connectivity index (χ2n) is 3.33. The summed E-state index contributed by atoms with van der Waals surface area (Å²) in [5.74, 6) is 0.633. The normalized spacial score (nSPS) is 12.1. The molecule has 0 aliphatic heterocycles. The summed E-state index contributed by atoms with van der Waals surface area (Å²) in [6.07, 6.45) is 0. The lowest BCUT2D eigenvalue weighted by atomic mass is 10.1. The van der Waals surface area contributed by atoms with E-state index in [0.717, 1.165) is 5.69 Å². The van der Waals surface area contributed by atoms with Gasteiger partial charge < -0.3 is 10.7 Å². The van der Waals surface area contributed by atoms with Gasteiger partial charge in [0.1, 0.15) is 11.5 Å². The number of halogens is 1. The van der Waals surface area contributed by atoms with Crippen molar-refractivity contribution in [3.8, 4) is 0 Å². The van der Waals surface area contributed by atoms with Crippen LogP contribution in [0.3, 0.4) is 0 Å². The predicted molar refractivity (Wildman–Crippen MR) is 45.4 cm³/mol. The zero-order valence-corrected chi connectivity index (χ0v) is 7.61. The van der Waals surface area contributed by atoms with Crippen molar-refractivity contribution in [3.05, 3.63) is 17.2 Å². The molecule has 0 fully saturated rings. The van der Waals surface area contributed by atoms with Crippen molar-refractivity contribution in [2.45, 2.75) is 33.0 Å². The summed E-state index contributed by atoms with van der Waals surface area (Å²) in [7, 11) is 0. The molecule has 0 amide bonds. The molecule has 68 valence electrons. The third-order valence-electron chi connectivity index (χ3n) is 1.69. The second kappa shape index (κ2) is 2.86. The standard InChI is InChI=1S/C8H14FN3/c1-5-7(8(2,3)9)12-6(4-10)11-5/h4,10H2,1-3H3,(H,11,12). The van der Waals surface area contributed by atoms with Crippen molar-refractivity contribution >= 4 is 0 Å². The van der Waals surface area contributed by atoms with Crippen molar-refractivity contribution in [2.75, 3.05) is 0 Å². The molecule has 0 saturated heterocycles. The van der Waals surface area contributed by atoms with Gasteiger partial charge >= 0.3 is 0 Å². The molecule has 0 spiro atoms. The minimum atomic E-state index is -1.39. The van der Waals surface area contributed by atoms with Gasteiger partial charge in [-0.2, -0.15) is 0 Å². The highest BCUT2D eigenvalue weighted by Gasteiger charge is 2.24. The van der Waals surface area contributed by atoms with Gasteiger partial charge in [-0.1, -0.05) is 0 Å². The van der Waals surface area contributed by atoms with Gasteiger partial charge in [0.15, 0.2) is 0 Å². The molecule has 12 heavy (non-hydrogen) atoms. The Hall–Kier alpha value is -0.900. The summed E-state index contributed by atoms with van der Waals surface area (Å²) in [6, 6.07) is 0. The van der Waals surface area contributed by atoms with Crippen molar-refractivity contribution < 1.29 is 4.39 Å². The van der Waals surface area contributed by atoms with Crippen LogP contribution in [-0.2, 0) is 12.2 Å². The Morgan fingerprint density at radius 1 is 1.58 bits per heavy atom. The van der Waals surface area contributed by atoms with Crippen LogP contribution in [0.25, 0.3) is 0 Å². The van der Waals surface area contributed by atoms with E-state index in [1.165, 1.54) is 13.8 Å². The summed E-state index contributed by atoms with van der Waals surface area (Å²) < 4.78 is 13.4. The first-order valence-electron chi connectivity index (χ1n) is 3.90. The quantitative estimate of drug-likeness (QED) is 0.706. The van der Waals surface area contributed by atoms with Gasteiger partial charge in [-0.25, -0.2) is 9.37 Å². The van der Waals surface area contributed by atoms with E-state index in [4.69, 9.17) is 5.73 Å². The van der Waals surface area contributed by atoms with Gasteiger partial charge in [0, 0.05) is 5.69 Å². The van der Waals surface area contributed by atoms with Crippen LogP contribution in [0, 0.1) is 6.92 Å². The first-order valence-corrected chi connectivity index (χ1v) is 3.90. The van der Waals surface area contributed by atoms with E-state index in [1.54, 1.807) is 6.92 Å². The van der Waals surface area contributed by atoms with Crippen LogP contribution in [0.15, 0.2) is 0 Å². The number of alkyl halides is 1. The van der Waals surface area contributed by atoms with Crippen LogP contribution in [0.1, 0.15) is 31.1 Å². The van der Waals surface area contributed by atoms with Gasteiger partial charge in [0.2, 0.25) is 0 Å². The van der Waals surface area contributed by atoms with Gasteiger partial charge in [0.25, 0.3) is 0 Å². The Labute approximate surface area is 71.2 Å². The number of aromatic nitrogens is 2. The zero-order chi connectivity index (χ0) is 9.35. The van der Waals surface area contributed by atoms with Crippen LogP contribution in [0.2, 0.25) is 0 Å². The fourth-order valence-corrected chi connectivity index (χ4v) is 1.20. The average Bonchev–Trinajstić information content (AvgIpc) is 2.29. The minimum absolute atomic E-state index is 0.316. The van der Waals surface area contributed by atoms with E-state index in [0.29, 0.717) is 18.1 Å². The summed E-state index contributed by atoms with van der Waals surface area (Å²) >= 11 is 0. The maximum Gasteiger partial charge on any atom is 0.149 e. The Morgan fingerprint density at radius 2 is 2.17 bits per heavy atom. The molecule has 3 N–H and O–H groups in total. The number of aromatic amines is 1. The number of hydrogen-bond acceptors (Lipinski definition) is 2. The molecular formula is C8H14FN3. The third kappa shape index (κ3) is 1.64. The molecule has 3 nitrogen and oxygen atoms in total. The first kappa shape index (κ1) is 9.19. The fourth-order valence-electron chi connectivity index (χ4n) is 1.20. The number of nitrogens with one attached hydrogen (secondary N) is 1. The van der Waals surface area contributed by atoms with Crippen molar-refractivity contribution in [1.29, 1.82) is 0 Å². The molecule has 1 rings (SSSR count). The predicted octanol–water partition coefficient (Wildman–Crippen LogP) is 1.38. The maximum atomic E-state index is 13.4. The van der Waals surface area contributed by atoms with E-state index < -0.39 is 5.67 Å². The number of H-pyrrole nitrogens is 1. The van der Waals surface area contributed by atoms with Crippen LogP contribution >= 0.6 is 0 Å². The largest absolute Gasteiger partial charge is 0.345 e. The van der Waals surface area contributed by atoms with Crippen LogP contribution in [0.4, 0.5) is 4.39 Å². The van der Waals surface area contributed by atoms with Gasteiger partial charge in [0.05, 0.1) is 12.2 Å². The first-order chi connectivity index (χ1) is 5.45. The van der Waals surface area contributed by atoms with Crippen LogP contribution in [0.5, 0.6) is 0 Å². The van der Waals surface area contributed by atoms with E-state index in [2.05, 4.69) is 9.97 Å². The Morgan fingerprint density at radius 3 is 2.42 bits per heavy atom. The van der Waals surface area contributed by atoms with E-state index >= 15 is 0 Å². The Kier molecular flexibility index (Phi) is 2.19. The van der Waals surface area contributed by atoms with Crippen LogP contribution < -0.4 is 5.73 Å². The topological polar surface area (TPSA) is 54.7 Å². The molecule has 0 aromatic carbocycles. The molecule has 0 bridgehead atoms. The lowest BCUT2D eigenvalue weighted by Crippen LogP contribution is -2.11. The summed E-state index contributed by atoms with van der Waals surface area (Å²) in [5.41, 5.74) is 5.16.